The first-order chi connectivity index (χ1) is 35.3. The first-order valence-corrected chi connectivity index (χ1v) is 26.8. The second-order valence-corrected chi connectivity index (χ2v) is 22.3. The van der Waals surface area contributed by atoms with Gasteiger partial charge in [0.15, 0.2) is 0 Å². The van der Waals surface area contributed by atoms with Crippen LogP contribution in [0.5, 0.6) is 5.75 Å². The Morgan fingerprint density at radius 3 is 2.07 bits per heavy atom. The molecule has 2 aromatic carbocycles. The molecule has 1 saturated carbocycles. The van der Waals surface area contributed by atoms with Crippen LogP contribution in [0.4, 0.5) is 15.3 Å². The summed E-state index contributed by atoms with van der Waals surface area (Å²) in [6.07, 6.45) is 11.5. The molecule has 19 heteroatoms. The Kier molecular flexibility index (Phi) is 13.2. The van der Waals surface area contributed by atoms with Crippen molar-refractivity contribution >= 4 is 41.0 Å². The standard InChI is InChI=1S/C54H66N10O8S/c1-27(2)45(60-53(67)69-6)50(65)62-16-8-10-39(62)48-56-25-37(59-48)33-18-28(3)44-41-22-34-21-32(14-15-38(34)64(41)52(72-42(44)23-33)43-26-57-49(73-43)31-12-13-31)36-24-55-47(58-36)40-11-9-17-63(40)51(66)46(61-54(68)70-7)35-19-29(4)71-30(5)20-35/h14-15,18,21,23-27,29-31,35,39-41,45-46,52H,8-13,16-17,19-20,22H2,1-7H3,(H,55,58)(H,56,59)(H,60,67)(H,61,68)/t29-,30+,35?,39-,40-,41?,45-,46?,52?/m0/s1. The number of aryl methyl sites for hydroxylation is 1. The number of thiazole rings is 1. The van der Waals surface area contributed by atoms with Crippen LogP contribution in [0.15, 0.2) is 48.9 Å². The van der Waals surface area contributed by atoms with Gasteiger partial charge in [-0.15, -0.1) is 11.3 Å². The number of alkyl carbamates (subject to hydrolysis) is 2. The van der Waals surface area contributed by atoms with Gasteiger partial charge in [-0.05, 0) is 131 Å². The molecule has 4 fully saturated rings. The summed E-state index contributed by atoms with van der Waals surface area (Å²) in [7, 11) is 2.62. The third-order valence-electron chi connectivity index (χ3n) is 15.8. The predicted octanol–water partition coefficient (Wildman–Crippen LogP) is 8.94. The molecule has 1 aliphatic carbocycles. The van der Waals surface area contributed by atoms with Gasteiger partial charge >= 0.3 is 12.2 Å². The van der Waals surface area contributed by atoms with Gasteiger partial charge in [-0.3, -0.25) is 9.59 Å². The average Bonchev–Trinajstić information content (AvgIpc) is 4.10. The summed E-state index contributed by atoms with van der Waals surface area (Å²) in [5, 5.41) is 6.79. The SMILES string of the molecule is COC(=O)NC(C(=O)N1CCC[C@H]1c1ncc(-c2ccc3c(c2)CC2c4c(C)cc(-c5cnc([C@@H]6CCCN6C(=O)[C@@H](NC(=O)OC)C(C)C)[nH]5)cc4OC(c4cnc(C5CC5)s4)N32)[nH]1)C1C[C@@H](C)O[C@@H](C)C1. The molecule has 18 nitrogen and oxygen atoms in total. The zero-order valence-electron chi connectivity index (χ0n) is 42.6. The molecule has 0 spiro atoms. The number of aromatic nitrogens is 5. The minimum Gasteiger partial charge on any atom is -0.465 e. The summed E-state index contributed by atoms with van der Waals surface area (Å²) in [4.78, 5) is 82.2. The van der Waals surface area contributed by atoms with Crippen LogP contribution in [-0.2, 0) is 30.2 Å². The van der Waals surface area contributed by atoms with Crippen molar-refractivity contribution in [2.24, 2.45) is 11.8 Å². The molecule has 4 N–H and O–H groups in total. The summed E-state index contributed by atoms with van der Waals surface area (Å²) in [5.41, 5.74) is 8.16. The smallest absolute Gasteiger partial charge is 0.407 e. The predicted molar refractivity (Wildman–Crippen MR) is 273 cm³/mol. The number of amides is 4. The van der Waals surface area contributed by atoms with Crippen molar-refractivity contribution in [2.75, 3.05) is 32.2 Å². The van der Waals surface area contributed by atoms with Crippen molar-refractivity contribution in [1.82, 2.24) is 45.4 Å². The second-order valence-electron chi connectivity index (χ2n) is 21.2. The number of nitrogens with zero attached hydrogens (tertiary/aromatic N) is 6. The van der Waals surface area contributed by atoms with Crippen LogP contribution < -0.4 is 20.3 Å². The maximum Gasteiger partial charge on any atom is 0.407 e. The van der Waals surface area contributed by atoms with Crippen molar-refractivity contribution < 1.29 is 38.1 Å². The van der Waals surface area contributed by atoms with E-state index in [1.54, 1.807) is 11.3 Å². The number of benzene rings is 2. The maximum atomic E-state index is 14.5. The van der Waals surface area contributed by atoms with E-state index in [2.05, 4.69) is 62.8 Å². The van der Waals surface area contributed by atoms with E-state index in [1.807, 2.05) is 56.1 Å². The number of rotatable bonds is 12. The van der Waals surface area contributed by atoms with E-state index in [0.29, 0.717) is 37.7 Å². The van der Waals surface area contributed by atoms with Gasteiger partial charge in [0.2, 0.25) is 18.0 Å². The third-order valence-corrected chi connectivity index (χ3v) is 17.0. The number of H-pyrrole nitrogens is 2. The lowest BCUT2D eigenvalue weighted by molar-refractivity contribution is -0.138. The van der Waals surface area contributed by atoms with Crippen molar-refractivity contribution in [3.8, 4) is 28.3 Å². The van der Waals surface area contributed by atoms with Gasteiger partial charge in [-0.25, -0.2) is 24.5 Å². The van der Waals surface area contributed by atoms with Gasteiger partial charge in [0.1, 0.15) is 29.5 Å². The van der Waals surface area contributed by atoms with Gasteiger partial charge in [0.25, 0.3) is 0 Å². The van der Waals surface area contributed by atoms with Gasteiger partial charge < -0.3 is 54.2 Å². The number of fused-ring (bicyclic) bond motifs is 5. The largest absolute Gasteiger partial charge is 0.465 e. The van der Waals surface area contributed by atoms with Crippen LogP contribution >= 0.6 is 11.3 Å². The molecule has 9 atom stereocenters. The van der Waals surface area contributed by atoms with E-state index in [9.17, 15) is 19.2 Å². The second kappa shape index (κ2) is 19.8. The number of ether oxygens (including phenoxy) is 4. The fourth-order valence-corrected chi connectivity index (χ4v) is 13.3. The summed E-state index contributed by atoms with van der Waals surface area (Å²) in [5.74, 6) is 2.26. The van der Waals surface area contributed by atoms with Crippen molar-refractivity contribution in [2.45, 2.75) is 147 Å². The summed E-state index contributed by atoms with van der Waals surface area (Å²) in [6.45, 7) is 11.1. The molecule has 5 aliphatic heterocycles. The Morgan fingerprint density at radius 2 is 1.42 bits per heavy atom. The highest BCUT2D eigenvalue weighted by molar-refractivity contribution is 7.11. The number of hydrogen-bond donors (Lipinski definition) is 4. The minimum absolute atomic E-state index is 0.00829. The Balaban J connectivity index is 0.863. The lowest BCUT2D eigenvalue weighted by Crippen LogP contribution is -2.54. The number of carbonyl (C=O) groups excluding carboxylic acids is 4. The van der Waals surface area contributed by atoms with Crippen LogP contribution in [-0.4, -0.2) is 110 Å². The molecule has 5 aromatic rings. The molecular weight excluding hydrogens is 949 g/mol. The summed E-state index contributed by atoms with van der Waals surface area (Å²) >= 11 is 1.74. The highest BCUT2D eigenvalue weighted by atomic mass is 32.1. The summed E-state index contributed by atoms with van der Waals surface area (Å²) in [6, 6.07) is 8.91. The quantitative estimate of drug-likeness (QED) is 0.0924. The average molecular weight is 1020 g/mol. The lowest BCUT2D eigenvalue weighted by Gasteiger charge is -2.41. The van der Waals surface area contributed by atoms with E-state index in [1.165, 1.54) is 19.8 Å². The number of carbonyl (C=O) groups is 4. The van der Waals surface area contributed by atoms with E-state index in [4.69, 9.17) is 33.9 Å². The maximum absolute atomic E-state index is 14.5. The van der Waals surface area contributed by atoms with Gasteiger partial charge in [0.05, 0.1) is 78.2 Å². The van der Waals surface area contributed by atoms with Crippen LogP contribution in [0, 0.1) is 18.8 Å². The number of aromatic amines is 2. The Labute approximate surface area is 429 Å². The van der Waals surface area contributed by atoms with Crippen LogP contribution in [0.3, 0.4) is 0 Å². The topological polar surface area (TPSA) is 209 Å². The zero-order valence-corrected chi connectivity index (χ0v) is 43.4. The summed E-state index contributed by atoms with van der Waals surface area (Å²) < 4.78 is 23.0. The number of anilines is 1. The van der Waals surface area contributed by atoms with Gasteiger partial charge in [0, 0.05) is 42.0 Å². The first-order valence-electron chi connectivity index (χ1n) is 26.0. The van der Waals surface area contributed by atoms with E-state index in [-0.39, 0.29) is 54.0 Å². The normalized spacial score (nSPS) is 25.2. The Hall–Kier alpha value is -6.47. The zero-order chi connectivity index (χ0) is 50.8. The van der Waals surface area contributed by atoms with Gasteiger partial charge in [-0.2, -0.15) is 0 Å². The molecule has 0 radical (unpaired) electrons. The molecule has 73 heavy (non-hydrogen) atoms. The van der Waals surface area contributed by atoms with Crippen molar-refractivity contribution in [3.05, 3.63) is 87.1 Å². The number of methoxy groups -OCH3 is 2. The molecule has 386 valence electrons. The third kappa shape index (κ3) is 9.31. The molecule has 8 heterocycles. The molecule has 3 saturated heterocycles. The number of likely N-dealkylation sites (tertiary alicyclic amines) is 2. The fraction of sp³-hybridized carbons (Fsp3) is 0.537. The molecule has 4 amide bonds. The molecule has 0 bridgehead atoms. The highest BCUT2D eigenvalue weighted by Crippen LogP contribution is 2.55. The fourth-order valence-electron chi connectivity index (χ4n) is 12.2. The number of imidazole rings is 2. The molecule has 4 unspecified atom stereocenters. The molecule has 6 aliphatic rings. The van der Waals surface area contributed by atoms with Crippen LogP contribution in [0.1, 0.15) is 148 Å². The molecule has 11 rings (SSSR count). The Bertz CT molecular complexity index is 2900. The monoisotopic (exact) mass is 1010 g/mol. The molecule has 3 aromatic heterocycles. The Morgan fingerprint density at radius 1 is 0.781 bits per heavy atom. The van der Waals surface area contributed by atoms with Crippen LogP contribution in [0.25, 0.3) is 22.5 Å². The first kappa shape index (κ1) is 48.8. The van der Waals surface area contributed by atoms with Crippen molar-refractivity contribution in [1.29, 1.82) is 0 Å². The van der Waals surface area contributed by atoms with E-state index < -0.39 is 30.5 Å². The van der Waals surface area contributed by atoms with Crippen molar-refractivity contribution in [3.63, 3.8) is 0 Å². The molecular formula is C54H66N10O8S. The minimum atomic E-state index is -0.738. The van der Waals surface area contributed by atoms with E-state index in [0.717, 1.165) is 106 Å². The van der Waals surface area contributed by atoms with Crippen LogP contribution in [0.2, 0.25) is 0 Å². The number of hydrogen-bond acceptors (Lipinski definition) is 13. The highest BCUT2D eigenvalue weighted by Gasteiger charge is 2.46. The number of nitrogens with one attached hydrogen (secondary N) is 4. The lowest BCUT2D eigenvalue weighted by atomic mass is 9.85. The van der Waals surface area contributed by atoms with Gasteiger partial charge in [-0.1, -0.05) is 19.9 Å². The van der Waals surface area contributed by atoms with E-state index >= 15 is 0 Å².